The number of hydrogen-bond acceptors (Lipinski definition) is 4. The number of aliphatic imine (C=N–C) groups is 1. The molecule has 0 aliphatic heterocycles. The normalized spacial score (nSPS) is 10.8. The largest absolute Gasteiger partial charge is 0.493 e. The van der Waals surface area contributed by atoms with Crippen molar-refractivity contribution in [2.24, 2.45) is 4.99 Å². The first-order valence-corrected chi connectivity index (χ1v) is 9.19. The van der Waals surface area contributed by atoms with Gasteiger partial charge in [-0.25, -0.2) is 0 Å². The van der Waals surface area contributed by atoms with Crippen molar-refractivity contribution >= 4 is 35.6 Å². The fraction of sp³-hybridized carbons (Fsp3) is 0.632. The van der Waals surface area contributed by atoms with Crippen LogP contribution in [0.3, 0.4) is 0 Å². The molecule has 26 heavy (non-hydrogen) atoms. The van der Waals surface area contributed by atoms with E-state index in [-0.39, 0.29) is 24.0 Å². The Bertz CT molecular complexity index is 513. The van der Waals surface area contributed by atoms with Crippen molar-refractivity contribution in [2.45, 2.75) is 40.0 Å². The van der Waals surface area contributed by atoms with Gasteiger partial charge in [0.15, 0.2) is 17.5 Å². The van der Waals surface area contributed by atoms with Crippen LogP contribution >= 0.6 is 24.0 Å². The predicted molar refractivity (Wildman–Crippen MR) is 120 cm³/mol. The SMILES string of the molecule is CCCCOCCCN=C(NCC)Nc1ccc(OC)c(OCC)c1.I. The summed E-state index contributed by atoms with van der Waals surface area (Å²) < 4.78 is 16.5. The average Bonchev–Trinajstić information content (AvgIpc) is 2.61. The van der Waals surface area contributed by atoms with Crippen LogP contribution in [0.5, 0.6) is 11.5 Å². The van der Waals surface area contributed by atoms with Crippen molar-refractivity contribution in [2.75, 3.05) is 45.3 Å². The molecule has 7 heteroatoms. The van der Waals surface area contributed by atoms with Gasteiger partial charge in [0.2, 0.25) is 0 Å². The second-order valence-corrected chi connectivity index (χ2v) is 5.50. The first-order chi connectivity index (χ1) is 12.2. The van der Waals surface area contributed by atoms with Gasteiger partial charge in [0.05, 0.1) is 13.7 Å². The highest BCUT2D eigenvalue weighted by Crippen LogP contribution is 2.30. The molecule has 0 heterocycles. The van der Waals surface area contributed by atoms with Crippen LogP contribution in [0, 0.1) is 0 Å². The molecule has 0 saturated heterocycles. The van der Waals surface area contributed by atoms with Gasteiger partial charge in [0.25, 0.3) is 0 Å². The summed E-state index contributed by atoms with van der Waals surface area (Å²) in [7, 11) is 1.64. The lowest BCUT2D eigenvalue weighted by Gasteiger charge is -2.14. The number of hydrogen-bond donors (Lipinski definition) is 2. The maximum Gasteiger partial charge on any atom is 0.195 e. The molecule has 0 saturated carbocycles. The van der Waals surface area contributed by atoms with Crippen molar-refractivity contribution in [3.63, 3.8) is 0 Å². The number of nitrogens with zero attached hydrogens (tertiary/aromatic N) is 1. The van der Waals surface area contributed by atoms with Crippen LogP contribution in [0.25, 0.3) is 0 Å². The van der Waals surface area contributed by atoms with Crippen LogP contribution in [-0.2, 0) is 4.74 Å². The summed E-state index contributed by atoms with van der Waals surface area (Å²) in [5, 5.41) is 6.55. The summed E-state index contributed by atoms with van der Waals surface area (Å²) in [4.78, 5) is 4.59. The summed E-state index contributed by atoms with van der Waals surface area (Å²) in [6.45, 7) is 9.86. The molecular weight excluding hydrogens is 445 g/mol. The van der Waals surface area contributed by atoms with Gasteiger partial charge in [0, 0.05) is 38.1 Å². The van der Waals surface area contributed by atoms with Gasteiger partial charge >= 0.3 is 0 Å². The van der Waals surface area contributed by atoms with Crippen LogP contribution < -0.4 is 20.1 Å². The third kappa shape index (κ3) is 10.1. The predicted octanol–water partition coefficient (Wildman–Crippen LogP) is 4.30. The number of unbranched alkanes of at least 4 members (excludes halogenated alkanes) is 1. The standard InChI is InChI=1S/C19H33N3O3.HI/c1-5-8-13-24-14-9-12-21-19(20-6-2)22-16-10-11-17(23-4)18(15-16)25-7-3;/h10-11,15H,5-9,12-14H2,1-4H3,(H2,20,21,22);1H. The fourth-order valence-electron chi connectivity index (χ4n) is 2.17. The van der Waals surface area contributed by atoms with Crippen LogP contribution in [0.4, 0.5) is 5.69 Å². The lowest BCUT2D eigenvalue weighted by molar-refractivity contribution is 0.130. The van der Waals surface area contributed by atoms with Crippen molar-refractivity contribution in [1.82, 2.24) is 5.32 Å². The Kier molecular flexibility index (Phi) is 15.2. The molecule has 1 aromatic rings. The maximum atomic E-state index is 5.61. The van der Waals surface area contributed by atoms with Crippen LogP contribution in [-0.4, -0.2) is 46.0 Å². The molecule has 1 rings (SSSR count). The molecule has 0 aromatic heterocycles. The fourth-order valence-corrected chi connectivity index (χ4v) is 2.17. The van der Waals surface area contributed by atoms with E-state index in [1.807, 2.05) is 32.0 Å². The lowest BCUT2D eigenvalue weighted by Crippen LogP contribution is -2.30. The highest BCUT2D eigenvalue weighted by atomic mass is 127. The molecule has 2 N–H and O–H groups in total. The summed E-state index contributed by atoms with van der Waals surface area (Å²) >= 11 is 0. The van der Waals surface area contributed by atoms with E-state index in [4.69, 9.17) is 14.2 Å². The zero-order valence-electron chi connectivity index (χ0n) is 16.5. The molecule has 0 unspecified atom stereocenters. The van der Waals surface area contributed by atoms with E-state index in [1.165, 1.54) is 0 Å². The van der Waals surface area contributed by atoms with E-state index < -0.39 is 0 Å². The minimum absolute atomic E-state index is 0. The Balaban J connectivity index is 0.00000625. The van der Waals surface area contributed by atoms with Gasteiger partial charge in [-0.3, -0.25) is 4.99 Å². The zero-order chi connectivity index (χ0) is 18.3. The molecule has 6 nitrogen and oxygen atoms in total. The second-order valence-electron chi connectivity index (χ2n) is 5.50. The highest BCUT2D eigenvalue weighted by molar-refractivity contribution is 14.0. The molecule has 0 aliphatic carbocycles. The molecule has 150 valence electrons. The molecule has 0 aliphatic rings. The molecule has 0 amide bonds. The number of rotatable bonds is 12. The van der Waals surface area contributed by atoms with Gasteiger partial charge < -0.3 is 24.8 Å². The average molecular weight is 479 g/mol. The molecule has 0 spiro atoms. The third-order valence-electron chi connectivity index (χ3n) is 3.43. The molecule has 0 atom stereocenters. The topological polar surface area (TPSA) is 64.1 Å². The Morgan fingerprint density at radius 3 is 2.50 bits per heavy atom. The Labute approximate surface area is 175 Å². The molecule has 0 fully saturated rings. The second kappa shape index (κ2) is 16.0. The quantitative estimate of drug-likeness (QED) is 0.203. The number of anilines is 1. The van der Waals surface area contributed by atoms with E-state index in [0.717, 1.165) is 68.7 Å². The highest BCUT2D eigenvalue weighted by Gasteiger charge is 2.06. The number of benzene rings is 1. The van der Waals surface area contributed by atoms with Gasteiger partial charge in [0.1, 0.15) is 0 Å². The number of nitrogens with one attached hydrogen (secondary N) is 2. The van der Waals surface area contributed by atoms with Crippen molar-refractivity contribution in [3.8, 4) is 11.5 Å². The van der Waals surface area contributed by atoms with Crippen LogP contribution in [0.15, 0.2) is 23.2 Å². The monoisotopic (exact) mass is 479 g/mol. The van der Waals surface area contributed by atoms with Crippen molar-refractivity contribution < 1.29 is 14.2 Å². The van der Waals surface area contributed by atoms with Gasteiger partial charge in [-0.2, -0.15) is 0 Å². The Hall–Kier alpha value is -1.22. The van der Waals surface area contributed by atoms with E-state index in [0.29, 0.717) is 6.61 Å². The first kappa shape index (κ1) is 24.8. The van der Waals surface area contributed by atoms with Crippen molar-refractivity contribution in [1.29, 1.82) is 0 Å². The molecule has 1 aromatic carbocycles. The Morgan fingerprint density at radius 1 is 1.08 bits per heavy atom. The number of ether oxygens (including phenoxy) is 3. The zero-order valence-corrected chi connectivity index (χ0v) is 18.8. The van der Waals surface area contributed by atoms with Gasteiger partial charge in [-0.05, 0) is 38.8 Å². The number of halogens is 1. The van der Waals surface area contributed by atoms with Crippen LogP contribution in [0.1, 0.15) is 40.0 Å². The minimum atomic E-state index is 0. The molecule has 0 bridgehead atoms. The van der Waals surface area contributed by atoms with Crippen LogP contribution in [0.2, 0.25) is 0 Å². The van der Waals surface area contributed by atoms with Gasteiger partial charge in [-0.15, -0.1) is 24.0 Å². The molecular formula is C19H34IN3O3. The number of guanidine groups is 1. The Morgan fingerprint density at radius 2 is 1.85 bits per heavy atom. The van der Waals surface area contributed by atoms with E-state index in [2.05, 4.69) is 22.5 Å². The summed E-state index contributed by atoms with van der Waals surface area (Å²) in [5.74, 6) is 2.19. The van der Waals surface area contributed by atoms with Gasteiger partial charge in [-0.1, -0.05) is 13.3 Å². The lowest BCUT2D eigenvalue weighted by atomic mass is 10.2. The van der Waals surface area contributed by atoms with Crippen molar-refractivity contribution in [3.05, 3.63) is 18.2 Å². The summed E-state index contributed by atoms with van der Waals surface area (Å²) in [5.41, 5.74) is 0.906. The summed E-state index contributed by atoms with van der Waals surface area (Å²) in [6, 6.07) is 5.75. The number of methoxy groups -OCH3 is 1. The smallest absolute Gasteiger partial charge is 0.195 e. The minimum Gasteiger partial charge on any atom is -0.493 e. The maximum absolute atomic E-state index is 5.61. The van der Waals surface area contributed by atoms with E-state index in [1.54, 1.807) is 7.11 Å². The first-order valence-electron chi connectivity index (χ1n) is 9.19. The van der Waals surface area contributed by atoms with E-state index >= 15 is 0 Å². The summed E-state index contributed by atoms with van der Waals surface area (Å²) in [6.07, 6.45) is 3.19. The third-order valence-corrected chi connectivity index (χ3v) is 3.43. The van der Waals surface area contributed by atoms with E-state index in [9.17, 15) is 0 Å². The molecule has 0 radical (unpaired) electrons.